The lowest BCUT2D eigenvalue weighted by Gasteiger charge is -2.39. The van der Waals surface area contributed by atoms with Crippen LogP contribution in [-0.4, -0.2) is 34.5 Å². The summed E-state index contributed by atoms with van der Waals surface area (Å²) in [6.07, 6.45) is 4.12. The Kier molecular flexibility index (Phi) is 5.10. The lowest BCUT2D eigenvalue weighted by Crippen LogP contribution is -2.48. The summed E-state index contributed by atoms with van der Waals surface area (Å²) in [5, 5.41) is 0.639. The third-order valence-electron chi connectivity index (χ3n) is 5.08. The number of ketones is 1. The van der Waals surface area contributed by atoms with Gasteiger partial charge in [0.05, 0.1) is 0 Å². The van der Waals surface area contributed by atoms with Crippen LogP contribution in [0.2, 0.25) is 5.02 Å². The lowest BCUT2D eigenvalue weighted by molar-refractivity contribution is 0.00203. The van der Waals surface area contributed by atoms with Gasteiger partial charge in [-0.25, -0.2) is 4.79 Å². The van der Waals surface area contributed by atoms with Gasteiger partial charge in [-0.1, -0.05) is 11.6 Å². The number of amides is 1. The molecule has 2 saturated heterocycles. The molecule has 0 radical (unpaired) electrons. The number of Topliss-reactive ketones (excluding diaryl/α,β-unsaturated/α-hetero) is 1. The third-order valence-corrected chi connectivity index (χ3v) is 5.33. The fraction of sp³-hybridized carbons (Fsp3) is 0.600. The molecule has 0 N–H and O–H groups in total. The topological polar surface area (TPSA) is 46.6 Å². The van der Waals surface area contributed by atoms with Crippen LogP contribution >= 0.6 is 11.6 Å². The number of nitrogens with zero attached hydrogens (tertiary/aromatic N) is 1. The first-order valence-corrected chi connectivity index (χ1v) is 9.41. The Bertz CT molecular complexity index is 636. The predicted octanol–water partition coefficient (Wildman–Crippen LogP) is 5.09. The predicted molar refractivity (Wildman–Crippen MR) is 98.0 cm³/mol. The Morgan fingerprint density at radius 2 is 1.68 bits per heavy atom. The summed E-state index contributed by atoms with van der Waals surface area (Å²) in [5.41, 5.74) is 0.240. The molecule has 2 heterocycles. The monoisotopic (exact) mass is 363 g/mol. The molecule has 0 saturated carbocycles. The zero-order chi connectivity index (χ0) is 18.2. The van der Waals surface area contributed by atoms with Crippen molar-refractivity contribution in [2.75, 3.05) is 0 Å². The molecule has 2 aliphatic rings. The first-order valence-electron chi connectivity index (χ1n) is 9.03. The van der Waals surface area contributed by atoms with Gasteiger partial charge in [-0.15, -0.1) is 0 Å². The van der Waals surface area contributed by atoms with Crippen LogP contribution in [0.3, 0.4) is 0 Å². The maximum absolute atomic E-state index is 12.5. The Labute approximate surface area is 154 Å². The highest BCUT2D eigenvalue weighted by Crippen LogP contribution is 2.41. The summed E-state index contributed by atoms with van der Waals surface area (Å²) in [5.74, 6) is 0.492. The number of rotatable bonds is 3. The van der Waals surface area contributed by atoms with Gasteiger partial charge in [0.25, 0.3) is 0 Å². The Morgan fingerprint density at radius 1 is 1.12 bits per heavy atom. The Hall–Kier alpha value is -1.55. The van der Waals surface area contributed by atoms with Crippen LogP contribution in [0.15, 0.2) is 24.3 Å². The Balaban J connectivity index is 1.61. The van der Waals surface area contributed by atoms with Crippen molar-refractivity contribution in [1.29, 1.82) is 0 Å². The van der Waals surface area contributed by atoms with Crippen LogP contribution < -0.4 is 0 Å². The van der Waals surface area contributed by atoms with Gasteiger partial charge in [-0.2, -0.15) is 0 Å². The second-order valence-corrected chi connectivity index (χ2v) is 8.68. The molecule has 1 aromatic rings. The fourth-order valence-corrected chi connectivity index (χ4v) is 4.21. The van der Waals surface area contributed by atoms with E-state index in [0.29, 0.717) is 22.9 Å². The summed E-state index contributed by atoms with van der Waals surface area (Å²) < 4.78 is 5.56. The molecule has 1 aromatic carbocycles. The van der Waals surface area contributed by atoms with Crippen molar-refractivity contribution >= 4 is 23.5 Å². The zero-order valence-electron chi connectivity index (χ0n) is 15.1. The number of carbonyl (C=O) groups is 2. The van der Waals surface area contributed by atoms with Crippen molar-refractivity contribution in [1.82, 2.24) is 4.90 Å². The molecule has 3 rings (SSSR count). The number of benzene rings is 1. The zero-order valence-corrected chi connectivity index (χ0v) is 15.9. The highest BCUT2D eigenvalue weighted by Gasteiger charge is 2.45. The summed E-state index contributed by atoms with van der Waals surface area (Å²) in [6.45, 7) is 5.68. The molecule has 0 spiro atoms. The van der Waals surface area contributed by atoms with E-state index < -0.39 is 5.60 Å². The van der Waals surface area contributed by atoms with Gasteiger partial charge in [0.2, 0.25) is 0 Å². The molecule has 2 bridgehead atoms. The van der Waals surface area contributed by atoms with Crippen molar-refractivity contribution in [3.05, 3.63) is 34.9 Å². The van der Waals surface area contributed by atoms with Gasteiger partial charge in [0.15, 0.2) is 5.78 Å². The minimum atomic E-state index is -0.474. The average Bonchev–Trinajstić information content (AvgIpc) is 2.78. The van der Waals surface area contributed by atoms with Crippen LogP contribution in [-0.2, 0) is 4.74 Å². The molecular weight excluding hydrogens is 338 g/mol. The number of hydrogen-bond acceptors (Lipinski definition) is 3. The standard InChI is InChI=1S/C20H26ClNO3/c1-20(2,3)25-19(24)22-16-8-9-17(22)11-13(10-16)12-18(23)14-4-6-15(21)7-5-14/h4-7,13,16-17H,8-12H2,1-3H3/t13-,16+,17-. The molecule has 2 aliphatic heterocycles. The number of halogens is 1. The smallest absolute Gasteiger partial charge is 0.410 e. The maximum Gasteiger partial charge on any atom is 0.410 e. The van der Waals surface area contributed by atoms with Crippen molar-refractivity contribution in [2.45, 2.75) is 70.6 Å². The van der Waals surface area contributed by atoms with Gasteiger partial charge in [-0.3, -0.25) is 4.79 Å². The third kappa shape index (κ3) is 4.35. The molecule has 25 heavy (non-hydrogen) atoms. The number of carbonyl (C=O) groups excluding carboxylic acids is 2. The van der Waals surface area contributed by atoms with E-state index in [1.54, 1.807) is 24.3 Å². The van der Waals surface area contributed by atoms with Crippen molar-refractivity contribution < 1.29 is 14.3 Å². The van der Waals surface area contributed by atoms with E-state index in [1.165, 1.54) is 0 Å². The van der Waals surface area contributed by atoms with Gasteiger partial charge in [0.1, 0.15) is 5.60 Å². The number of piperidine rings is 1. The van der Waals surface area contributed by atoms with E-state index in [4.69, 9.17) is 16.3 Å². The molecule has 0 aromatic heterocycles. The average molecular weight is 364 g/mol. The minimum absolute atomic E-state index is 0.159. The summed E-state index contributed by atoms with van der Waals surface area (Å²) in [6, 6.07) is 7.49. The van der Waals surface area contributed by atoms with Crippen molar-refractivity contribution in [3.8, 4) is 0 Å². The first kappa shape index (κ1) is 18.2. The lowest BCUT2D eigenvalue weighted by atomic mass is 9.86. The van der Waals surface area contributed by atoms with Crippen LogP contribution in [0.1, 0.15) is 63.2 Å². The second kappa shape index (κ2) is 6.99. The van der Waals surface area contributed by atoms with Gasteiger partial charge in [-0.05, 0) is 76.6 Å². The van der Waals surface area contributed by atoms with Gasteiger partial charge < -0.3 is 9.64 Å². The van der Waals surface area contributed by atoms with E-state index in [1.807, 2.05) is 25.7 Å². The first-order chi connectivity index (χ1) is 11.7. The van der Waals surface area contributed by atoms with Crippen molar-refractivity contribution in [2.24, 2.45) is 5.92 Å². The molecule has 2 fully saturated rings. The van der Waals surface area contributed by atoms with Gasteiger partial charge in [0, 0.05) is 29.1 Å². The van der Waals surface area contributed by atoms with Crippen LogP contribution in [0.4, 0.5) is 4.79 Å². The summed E-state index contributed by atoms with van der Waals surface area (Å²) >= 11 is 5.89. The Morgan fingerprint density at radius 3 is 2.20 bits per heavy atom. The minimum Gasteiger partial charge on any atom is -0.444 e. The number of ether oxygens (including phenoxy) is 1. The van der Waals surface area contributed by atoms with Crippen LogP contribution in [0.25, 0.3) is 0 Å². The molecule has 3 atom stereocenters. The molecule has 0 aliphatic carbocycles. The maximum atomic E-state index is 12.5. The summed E-state index contributed by atoms with van der Waals surface area (Å²) in [4.78, 5) is 26.9. The normalized spacial score (nSPS) is 25.8. The fourth-order valence-electron chi connectivity index (χ4n) is 4.08. The molecule has 0 unspecified atom stereocenters. The molecular formula is C20H26ClNO3. The van der Waals surface area contributed by atoms with Crippen molar-refractivity contribution in [3.63, 3.8) is 0 Å². The highest BCUT2D eigenvalue weighted by atomic mass is 35.5. The number of hydrogen-bond donors (Lipinski definition) is 0. The molecule has 5 heteroatoms. The van der Waals surface area contributed by atoms with E-state index in [-0.39, 0.29) is 24.0 Å². The van der Waals surface area contributed by atoms with E-state index in [0.717, 1.165) is 25.7 Å². The molecule has 136 valence electrons. The van der Waals surface area contributed by atoms with Crippen LogP contribution in [0, 0.1) is 5.92 Å². The largest absolute Gasteiger partial charge is 0.444 e. The highest BCUT2D eigenvalue weighted by molar-refractivity contribution is 6.30. The quantitative estimate of drug-likeness (QED) is 0.702. The molecule has 4 nitrogen and oxygen atoms in total. The van der Waals surface area contributed by atoms with Crippen LogP contribution in [0.5, 0.6) is 0 Å². The van der Waals surface area contributed by atoms with Gasteiger partial charge >= 0.3 is 6.09 Å². The number of fused-ring (bicyclic) bond motifs is 2. The van der Waals surface area contributed by atoms with E-state index in [9.17, 15) is 9.59 Å². The SMILES string of the molecule is CC(C)(C)OC(=O)N1[C@@H]2CC[C@H]1C[C@@H](CC(=O)c1ccc(Cl)cc1)C2. The van der Waals surface area contributed by atoms with E-state index in [2.05, 4.69) is 0 Å². The molecule has 1 amide bonds. The summed E-state index contributed by atoms with van der Waals surface area (Å²) in [7, 11) is 0. The second-order valence-electron chi connectivity index (χ2n) is 8.24. The van der Waals surface area contributed by atoms with E-state index >= 15 is 0 Å².